The summed E-state index contributed by atoms with van der Waals surface area (Å²) in [6, 6.07) is 0. The molecule has 0 N–H and O–H groups in total. The molecule has 0 heterocycles. The normalized spacial score (nSPS) is 0. The van der Waals surface area contributed by atoms with Crippen molar-refractivity contribution in [3.63, 3.8) is 0 Å². The maximum atomic E-state index is 0. The molecule has 6 heteroatoms. The van der Waals surface area contributed by atoms with Gasteiger partial charge in [-0.2, -0.15) is 0 Å². The maximum Gasteiger partial charge on any atom is 0 e. The van der Waals surface area contributed by atoms with Crippen LogP contribution in [0.1, 0.15) is 0 Å². The van der Waals surface area contributed by atoms with Gasteiger partial charge in [-0.15, -0.1) is 0 Å². The molecule has 0 nitrogen and oxygen atoms in total. The van der Waals surface area contributed by atoms with Crippen LogP contribution < -0.4 is 0 Å². The van der Waals surface area contributed by atoms with Gasteiger partial charge in [-0.05, 0) is 11.0 Å². The quantitative estimate of drug-likeness (QED) is 0.468. The summed E-state index contributed by atoms with van der Waals surface area (Å²) in [4.78, 5) is 0. The van der Waals surface area contributed by atoms with Gasteiger partial charge in [-0.25, -0.2) is 0 Å². The molecule has 2 radical (unpaired) electrons. The van der Waals surface area contributed by atoms with Crippen molar-refractivity contribution in [1.82, 2.24) is 0 Å². The third-order valence-corrected chi connectivity index (χ3v) is 0. The zero-order chi connectivity index (χ0) is 0. The fourth-order valence-corrected chi connectivity index (χ4v) is 0. The standard InChI is InChI=1S/Cr.Cu.Mn.Ni.H4Si.Zr/h;;;;1H4;. The van der Waals surface area contributed by atoms with E-state index in [-0.39, 0.29) is 105 Å². The second kappa shape index (κ2) is 41.8. The molecule has 0 saturated carbocycles. The van der Waals surface area contributed by atoms with E-state index in [4.69, 9.17) is 0 Å². The van der Waals surface area contributed by atoms with Gasteiger partial charge in [0.2, 0.25) is 0 Å². The van der Waals surface area contributed by atoms with Crippen LogP contribution in [0.3, 0.4) is 0 Å². The van der Waals surface area contributed by atoms with Crippen molar-refractivity contribution in [3.05, 3.63) is 0 Å². The molecule has 0 aromatic carbocycles. The molecule has 0 fully saturated rings. The Morgan fingerprint density at radius 3 is 1.00 bits per heavy atom. The van der Waals surface area contributed by atoms with Crippen molar-refractivity contribution in [2.75, 3.05) is 0 Å². The Hall–Kier alpha value is 3.16. The molecule has 6 heavy (non-hydrogen) atoms. The second-order valence-electron chi connectivity index (χ2n) is 0. The molecular formula is H4CrCuMnNiSiZr. The maximum absolute atomic E-state index is 0. The van der Waals surface area contributed by atoms with Gasteiger partial charge in [0.15, 0.2) is 0 Å². The molecule has 0 spiro atoms. The van der Waals surface area contributed by atoms with Gasteiger partial charge < -0.3 is 0 Å². The van der Waals surface area contributed by atoms with Crippen molar-refractivity contribution in [2.24, 2.45) is 0 Å². The first-order valence-electron chi connectivity index (χ1n) is 0. The van der Waals surface area contributed by atoms with Crippen molar-refractivity contribution in [1.29, 1.82) is 0 Å². The van der Waals surface area contributed by atoms with Crippen molar-refractivity contribution in [3.8, 4) is 0 Å². The van der Waals surface area contributed by atoms with Crippen LogP contribution in [0.25, 0.3) is 0 Å². The van der Waals surface area contributed by atoms with Gasteiger partial charge >= 0.3 is 0 Å². The van der Waals surface area contributed by atoms with E-state index >= 15 is 0 Å². The first-order valence-corrected chi connectivity index (χ1v) is 0. The first kappa shape index (κ1) is 61.0. The summed E-state index contributed by atoms with van der Waals surface area (Å²) in [6.07, 6.45) is 0. The van der Waals surface area contributed by atoms with Crippen molar-refractivity contribution < 1.29 is 94.2 Å². The fourth-order valence-electron chi connectivity index (χ4n) is 0. The molecule has 0 unspecified atom stereocenters. The minimum Gasteiger partial charge on any atom is -0.0149 e. The van der Waals surface area contributed by atoms with E-state index in [1.165, 1.54) is 0 Å². The zero-order valence-electron chi connectivity index (χ0n) is 1.90. The van der Waals surface area contributed by atoms with Gasteiger partial charge in [0.25, 0.3) is 0 Å². The Morgan fingerprint density at radius 2 is 1.00 bits per heavy atom. The number of rotatable bonds is 0. The summed E-state index contributed by atoms with van der Waals surface area (Å²) in [6.45, 7) is 0. The van der Waals surface area contributed by atoms with Gasteiger partial charge in [0, 0.05) is 94.2 Å². The van der Waals surface area contributed by atoms with E-state index in [2.05, 4.69) is 0 Å². The van der Waals surface area contributed by atoms with Crippen LogP contribution >= 0.6 is 0 Å². The minimum atomic E-state index is 0. The van der Waals surface area contributed by atoms with Crippen LogP contribution in [-0.2, 0) is 94.2 Å². The van der Waals surface area contributed by atoms with E-state index in [1.807, 2.05) is 0 Å². The molecule has 0 aromatic heterocycles. The van der Waals surface area contributed by atoms with Gasteiger partial charge in [-0.1, -0.05) is 0 Å². The summed E-state index contributed by atoms with van der Waals surface area (Å²) in [5.41, 5.74) is 0. The van der Waals surface area contributed by atoms with Crippen molar-refractivity contribution in [2.45, 2.75) is 0 Å². The van der Waals surface area contributed by atoms with E-state index in [0.717, 1.165) is 0 Å². The van der Waals surface area contributed by atoms with E-state index in [9.17, 15) is 0 Å². The number of hydrogen-bond donors (Lipinski definition) is 0. The topological polar surface area (TPSA) is 0 Å². The average Bonchev–Trinajstić information content (AvgIpc) is 0. The second-order valence-corrected chi connectivity index (χ2v) is 0. The van der Waals surface area contributed by atoms with Crippen LogP contribution in [0, 0.1) is 0 Å². The number of hydrogen-bond acceptors (Lipinski definition) is 0. The zero-order valence-corrected chi connectivity index (χ0v) is 8.75. The molecule has 46 valence electrons. The molecular weight excluding hydrogens is 348 g/mol. The van der Waals surface area contributed by atoms with Gasteiger partial charge in [-0.3, -0.25) is 0 Å². The van der Waals surface area contributed by atoms with Crippen LogP contribution in [0.4, 0.5) is 0 Å². The summed E-state index contributed by atoms with van der Waals surface area (Å²) < 4.78 is 0. The van der Waals surface area contributed by atoms with Crippen LogP contribution in [-0.4, -0.2) is 11.0 Å². The van der Waals surface area contributed by atoms with E-state index < -0.39 is 0 Å². The molecule has 0 aromatic rings. The summed E-state index contributed by atoms with van der Waals surface area (Å²) in [5.74, 6) is 0. The Kier molecular flexibility index (Phi) is 425. The van der Waals surface area contributed by atoms with E-state index in [1.54, 1.807) is 0 Å². The molecule has 0 aliphatic carbocycles. The SMILES string of the molecule is [Cr].[Cu].[Mn].[Ni].[SiH4].[Zr]. The summed E-state index contributed by atoms with van der Waals surface area (Å²) in [7, 11) is 0. The Balaban J connectivity index is 0. The third-order valence-electron chi connectivity index (χ3n) is 0. The monoisotopic (exact) mass is 350 g/mol. The molecule has 0 bridgehead atoms. The van der Waals surface area contributed by atoms with Crippen LogP contribution in [0.2, 0.25) is 0 Å². The van der Waals surface area contributed by atoms with Gasteiger partial charge in [0.05, 0.1) is 0 Å². The molecule has 0 rings (SSSR count). The average molecular weight is 353 g/mol. The largest absolute Gasteiger partial charge is 0.0149 e. The summed E-state index contributed by atoms with van der Waals surface area (Å²) in [5, 5.41) is 0. The van der Waals surface area contributed by atoms with Crippen LogP contribution in [0.5, 0.6) is 0 Å². The molecule has 0 aliphatic heterocycles. The van der Waals surface area contributed by atoms with E-state index in [0.29, 0.717) is 0 Å². The molecule has 0 aliphatic rings. The van der Waals surface area contributed by atoms with Gasteiger partial charge in [0.1, 0.15) is 0 Å². The predicted octanol–water partition coefficient (Wildman–Crippen LogP) is -1.46. The minimum absolute atomic E-state index is 0. The van der Waals surface area contributed by atoms with Crippen molar-refractivity contribution >= 4 is 11.0 Å². The Bertz CT molecular complexity index is 15.5. The third kappa shape index (κ3) is 27.2. The Morgan fingerprint density at radius 1 is 1.00 bits per heavy atom. The molecule has 0 amide bonds. The molecule has 0 saturated heterocycles. The smallest absolute Gasteiger partial charge is 0 e. The first-order chi connectivity index (χ1) is 0. The summed E-state index contributed by atoms with van der Waals surface area (Å²) >= 11 is 0. The predicted molar refractivity (Wildman–Crippen MR) is 11.3 cm³/mol. The Labute approximate surface area is 104 Å². The van der Waals surface area contributed by atoms with Crippen LogP contribution in [0.15, 0.2) is 0 Å². The molecule has 0 atom stereocenters. The fraction of sp³-hybridized carbons (Fsp3) is 0.